The zero-order chi connectivity index (χ0) is 14.0. The maximum absolute atomic E-state index is 9.29. The first-order valence-electron chi connectivity index (χ1n) is 6.43. The summed E-state index contributed by atoms with van der Waals surface area (Å²) in [5.74, 6) is 0.814. The molecule has 1 heterocycles. The number of benzene rings is 1. The molecule has 0 spiro atoms. The average Bonchev–Trinajstić information content (AvgIpc) is 2.38. The molecular formula is C15H21N3O. The quantitative estimate of drug-likeness (QED) is 0.738. The lowest BCUT2D eigenvalue weighted by Gasteiger charge is -2.23. The molecule has 4 heteroatoms. The van der Waals surface area contributed by atoms with Crippen LogP contribution in [0.4, 0.5) is 11.5 Å². The van der Waals surface area contributed by atoms with Crippen molar-refractivity contribution in [3.8, 4) is 0 Å². The van der Waals surface area contributed by atoms with Gasteiger partial charge in [-0.3, -0.25) is 0 Å². The van der Waals surface area contributed by atoms with Gasteiger partial charge in [-0.1, -0.05) is 26.0 Å². The number of aryl methyl sites for hydroxylation is 1. The number of nitrogens with two attached hydrogens (primary N) is 1. The van der Waals surface area contributed by atoms with Crippen molar-refractivity contribution >= 4 is 22.3 Å². The van der Waals surface area contributed by atoms with E-state index in [1.165, 1.54) is 0 Å². The summed E-state index contributed by atoms with van der Waals surface area (Å²) in [7, 11) is 0. The molecular weight excluding hydrogens is 238 g/mol. The molecule has 0 bridgehead atoms. The Labute approximate surface area is 113 Å². The van der Waals surface area contributed by atoms with Gasteiger partial charge >= 0.3 is 0 Å². The highest BCUT2D eigenvalue weighted by atomic mass is 16.3. The van der Waals surface area contributed by atoms with Gasteiger partial charge in [0.25, 0.3) is 0 Å². The highest BCUT2D eigenvalue weighted by molar-refractivity contribution is 6.01. The van der Waals surface area contributed by atoms with Gasteiger partial charge in [-0.2, -0.15) is 0 Å². The molecule has 0 saturated heterocycles. The fourth-order valence-corrected chi connectivity index (χ4v) is 2.02. The summed E-state index contributed by atoms with van der Waals surface area (Å²) in [6, 6.07) is 5.85. The van der Waals surface area contributed by atoms with Crippen LogP contribution in [0.3, 0.4) is 0 Å². The Morgan fingerprint density at radius 3 is 2.79 bits per heavy atom. The summed E-state index contributed by atoms with van der Waals surface area (Å²) in [5, 5.41) is 14.7. The molecule has 0 unspecified atom stereocenters. The van der Waals surface area contributed by atoms with Crippen LogP contribution in [-0.4, -0.2) is 23.2 Å². The van der Waals surface area contributed by atoms with Crippen molar-refractivity contribution in [1.82, 2.24) is 4.98 Å². The van der Waals surface area contributed by atoms with Gasteiger partial charge in [0.05, 0.1) is 0 Å². The van der Waals surface area contributed by atoms with Crippen LogP contribution in [0.15, 0.2) is 24.4 Å². The topological polar surface area (TPSA) is 71.2 Å². The number of anilines is 2. The number of nitrogens with zero attached hydrogens (tertiary/aromatic N) is 1. The van der Waals surface area contributed by atoms with Crippen LogP contribution in [-0.2, 0) is 0 Å². The monoisotopic (exact) mass is 259 g/mol. The van der Waals surface area contributed by atoms with Gasteiger partial charge < -0.3 is 16.2 Å². The largest absolute Gasteiger partial charge is 0.398 e. The van der Waals surface area contributed by atoms with E-state index in [4.69, 9.17) is 5.73 Å². The maximum atomic E-state index is 9.29. The number of fused-ring (bicyclic) bond motifs is 1. The van der Waals surface area contributed by atoms with Crippen LogP contribution >= 0.6 is 0 Å². The van der Waals surface area contributed by atoms with Crippen molar-refractivity contribution in [2.75, 3.05) is 24.2 Å². The summed E-state index contributed by atoms with van der Waals surface area (Å²) in [5.41, 5.74) is 7.69. The average molecular weight is 259 g/mol. The smallest absolute Gasteiger partial charge is 0.133 e. The van der Waals surface area contributed by atoms with Crippen molar-refractivity contribution in [2.45, 2.75) is 20.8 Å². The van der Waals surface area contributed by atoms with E-state index in [0.29, 0.717) is 6.54 Å². The second-order valence-electron chi connectivity index (χ2n) is 5.74. The Morgan fingerprint density at radius 2 is 2.11 bits per heavy atom. The number of aliphatic hydroxyl groups is 1. The maximum Gasteiger partial charge on any atom is 0.133 e. The number of nitrogens with one attached hydrogen (secondary N) is 1. The first-order valence-corrected chi connectivity index (χ1v) is 6.43. The number of pyridine rings is 1. The van der Waals surface area contributed by atoms with E-state index in [0.717, 1.165) is 27.8 Å². The van der Waals surface area contributed by atoms with E-state index < -0.39 is 0 Å². The van der Waals surface area contributed by atoms with Crippen LogP contribution in [0.2, 0.25) is 0 Å². The Kier molecular flexibility index (Phi) is 3.62. The van der Waals surface area contributed by atoms with Gasteiger partial charge in [0, 0.05) is 41.2 Å². The molecule has 19 heavy (non-hydrogen) atoms. The predicted octanol–water partition coefficient (Wildman–Crippen LogP) is 2.56. The summed E-state index contributed by atoms with van der Waals surface area (Å²) in [4.78, 5) is 4.44. The molecule has 4 nitrogen and oxygen atoms in total. The van der Waals surface area contributed by atoms with E-state index in [1.807, 2.05) is 45.2 Å². The lowest BCUT2D eigenvalue weighted by molar-refractivity contribution is 0.171. The van der Waals surface area contributed by atoms with Gasteiger partial charge in [0.15, 0.2) is 0 Å². The second-order valence-corrected chi connectivity index (χ2v) is 5.74. The molecule has 0 aliphatic heterocycles. The van der Waals surface area contributed by atoms with Crippen molar-refractivity contribution in [3.05, 3.63) is 30.0 Å². The van der Waals surface area contributed by atoms with Gasteiger partial charge in [0.1, 0.15) is 5.82 Å². The Hall–Kier alpha value is -1.81. The molecule has 0 amide bonds. The van der Waals surface area contributed by atoms with E-state index >= 15 is 0 Å². The Balaban J connectivity index is 2.40. The van der Waals surface area contributed by atoms with Crippen LogP contribution in [0.1, 0.15) is 19.4 Å². The third kappa shape index (κ3) is 2.79. The number of hydrogen-bond donors (Lipinski definition) is 3. The van der Waals surface area contributed by atoms with Gasteiger partial charge in [-0.25, -0.2) is 4.98 Å². The van der Waals surface area contributed by atoms with Crippen LogP contribution in [0, 0.1) is 12.3 Å². The standard InChI is InChI=1S/C15H21N3O/c1-10-7-17-14(18-8-15(2,3)9-19)11-5-4-6-12(16)13(10)11/h4-7,19H,8-9,16H2,1-3H3,(H,17,18). The third-order valence-electron chi connectivity index (χ3n) is 3.30. The van der Waals surface area contributed by atoms with Crippen molar-refractivity contribution in [2.24, 2.45) is 5.41 Å². The lowest BCUT2D eigenvalue weighted by Crippen LogP contribution is -2.27. The molecule has 0 aliphatic carbocycles. The normalized spacial score (nSPS) is 11.8. The highest BCUT2D eigenvalue weighted by Gasteiger charge is 2.17. The van der Waals surface area contributed by atoms with Crippen molar-refractivity contribution < 1.29 is 5.11 Å². The fraction of sp³-hybridized carbons (Fsp3) is 0.400. The Bertz CT molecular complexity index is 585. The molecule has 1 aromatic carbocycles. The van der Waals surface area contributed by atoms with E-state index in [-0.39, 0.29) is 12.0 Å². The van der Waals surface area contributed by atoms with Crippen LogP contribution in [0.5, 0.6) is 0 Å². The number of hydrogen-bond acceptors (Lipinski definition) is 4. The number of nitrogen functional groups attached to an aromatic ring is 1. The number of aromatic nitrogens is 1. The second kappa shape index (κ2) is 5.05. The summed E-state index contributed by atoms with van der Waals surface area (Å²) in [6.07, 6.45) is 1.83. The number of rotatable bonds is 4. The highest BCUT2D eigenvalue weighted by Crippen LogP contribution is 2.29. The third-order valence-corrected chi connectivity index (χ3v) is 3.30. The lowest BCUT2D eigenvalue weighted by atomic mass is 9.95. The zero-order valence-corrected chi connectivity index (χ0v) is 11.7. The molecule has 0 saturated carbocycles. The molecule has 102 valence electrons. The SMILES string of the molecule is Cc1cnc(NCC(C)(C)CO)c2cccc(N)c12. The minimum absolute atomic E-state index is 0.131. The van der Waals surface area contributed by atoms with Crippen LogP contribution in [0.25, 0.3) is 10.8 Å². The van der Waals surface area contributed by atoms with Crippen molar-refractivity contribution in [1.29, 1.82) is 0 Å². The number of aliphatic hydroxyl groups excluding tert-OH is 1. The zero-order valence-electron chi connectivity index (χ0n) is 11.7. The molecule has 2 aromatic rings. The molecule has 0 atom stereocenters. The van der Waals surface area contributed by atoms with E-state index in [9.17, 15) is 5.11 Å². The molecule has 1 aromatic heterocycles. The Morgan fingerprint density at radius 1 is 1.37 bits per heavy atom. The molecule has 2 rings (SSSR count). The van der Waals surface area contributed by atoms with Gasteiger partial charge in [0.2, 0.25) is 0 Å². The molecule has 0 fully saturated rings. The molecule has 0 aliphatic rings. The minimum Gasteiger partial charge on any atom is -0.398 e. The molecule has 0 radical (unpaired) electrons. The minimum atomic E-state index is -0.181. The van der Waals surface area contributed by atoms with Gasteiger partial charge in [-0.15, -0.1) is 0 Å². The van der Waals surface area contributed by atoms with E-state index in [2.05, 4.69) is 10.3 Å². The van der Waals surface area contributed by atoms with Crippen LogP contribution < -0.4 is 11.1 Å². The summed E-state index contributed by atoms with van der Waals surface area (Å²) >= 11 is 0. The summed E-state index contributed by atoms with van der Waals surface area (Å²) < 4.78 is 0. The van der Waals surface area contributed by atoms with Gasteiger partial charge in [-0.05, 0) is 18.6 Å². The summed E-state index contributed by atoms with van der Waals surface area (Å²) in [6.45, 7) is 6.80. The fourth-order valence-electron chi connectivity index (χ4n) is 2.02. The first-order chi connectivity index (χ1) is 8.94. The predicted molar refractivity (Wildman–Crippen MR) is 80.2 cm³/mol. The first kappa shape index (κ1) is 13.6. The molecule has 4 N–H and O–H groups in total. The van der Waals surface area contributed by atoms with E-state index in [1.54, 1.807) is 0 Å². The van der Waals surface area contributed by atoms with Crippen molar-refractivity contribution in [3.63, 3.8) is 0 Å².